The number of thiophene rings is 1. The van der Waals surface area contributed by atoms with Gasteiger partial charge in [-0.2, -0.15) is 0 Å². The summed E-state index contributed by atoms with van der Waals surface area (Å²) in [6.07, 6.45) is 0.438. The second-order valence-electron chi connectivity index (χ2n) is 6.34. The number of aromatic nitrogens is 1. The quantitative estimate of drug-likeness (QED) is 0.712. The fourth-order valence-electron chi connectivity index (χ4n) is 3.19. The van der Waals surface area contributed by atoms with Gasteiger partial charge in [-0.05, 0) is 29.6 Å². The van der Waals surface area contributed by atoms with E-state index in [2.05, 4.69) is 4.98 Å². The van der Waals surface area contributed by atoms with Crippen LogP contribution in [0.25, 0.3) is 11.1 Å². The van der Waals surface area contributed by atoms with E-state index < -0.39 is 0 Å². The monoisotopic (exact) mass is 369 g/mol. The molecule has 3 aromatic rings. The number of benzene rings is 1. The fraction of sp³-hybridized carbons (Fsp3) is 0.316. The largest absolute Gasteiger partial charge is 0.441 e. The maximum absolute atomic E-state index is 12.7. The Morgan fingerprint density at radius 1 is 1.15 bits per heavy atom. The van der Waals surface area contributed by atoms with E-state index in [0.717, 1.165) is 4.88 Å². The van der Waals surface area contributed by atoms with Crippen molar-refractivity contribution in [2.75, 3.05) is 26.2 Å². The topological polar surface area (TPSA) is 66.7 Å². The van der Waals surface area contributed by atoms with Gasteiger partial charge in [-0.3, -0.25) is 9.59 Å². The van der Waals surface area contributed by atoms with Crippen LogP contribution < -0.4 is 0 Å². The lowest BCUT2D eigenvalue weighted by Crippen LogP contribution is -2.50. The molecule has 0 unspecified atom stereocenters. The molecular weight excluding hydrogens is 350 g/mol. The van der Waals surface area contributed by atoms with Gasteiger partial charge in [0.05, 0.1) is 6.42 Å². The zero-order chi connectivity index (χ0) is 18.1. The molecule has 2 amide bonds. The van der Waals surface area contributed by atoms with Gasteiger partial charge in [0.2, 0.25) is 5.91 Å². The van der Waals surface area contributed by atoms with Gasteiger partial charge in [0.15, 0.2) is 11.5 Å². The second kappa shape index (κ2) is 6.92. The molecular formula is C19H19N3O3S. The summed E-state index contributed by atoms with van der Waals surface area (Å²) in [6, 6.07) is 9.25. The van der Waals surface area contributed by atoms with Crippen molar-refractivity contribution in [1.82, 2.24) is 14.8 Å². The maximum Gasteiger partial charge on any atom is 0.254 e. The average Bonchev–Trinajstić information content (AvgIpc) is 3.28. The maximum atomic E-state index is 12.7. The van der Waals surface area contributed by atoms with Crippen LogP contribution in [-0.2, 0) is 11.2 Å². The molecule has 2 aromatic heterocycles. The van der Waals surface area contributed by atoms with E-state index in [1.54, 1.807) is 41.4 Å². The summed E-state index contributed by atoms with van der Waals surface area (Å²) in [7, 11) is 0. The van der Waals surface area contributed by atoms with Crippen LogP contribution in [0.1, 0.15) is 21.1 Å². The molecule has 4 rings (SSSR count). The first-order valence-electron chi connectivity index (χ1n) is 8.57. The molecule has 134 valence electrons. The number of hydrogen-bond donors (Lipinski definition) is 0. The van der Waals surface area contributed by atoms with E-state index in [-0.39, 0.29) is 11.8 Å². The molecule has 0 aliphatic carbocycles. The van der Waals surface area contributed by atoms with Crippen molar-refractivity contribution in [1.29, 1.82) is 0 Å². The lowest BCUT2D eigenvalue weighted by molar-refractivity contribution is -0.131. The molecule has 0 saturated carbocycles. The highest BCUT2D eigenvalue weighted by molar-refractivity contribution is 7.10. The summed E-state index contributed by atoms with van der Waals surface area (Å²) in [5.74, 6) is 0.680. The minimum absolute atomic E-state index is 0.0297. The fourth-order valence-corrected chi connectivity index (χ4v) is 3.89. The van der Waals surface area contributed by atoms with Crippen LogP contribution in [0.3, 0.4) is 0 Å². The van der Waals surface area contributed by atoms with Crippen LogP contribution in [0.5, 0.6) is 0 Å². The smallest absolute Gasteiger partial charge is 0.254 e. The van der Waals surface area contributed by atoms with Gasteiger partial charge in [-0.1, -0.05) is 6.07 Å². The third-order valence-electron chi connectivity index (χ3n) is 4.57. The van der Waals surface area contributed by atoms with Gasteiger partial charge in [-0.15, -0.1) is 11.3 Å². The first kappa shape index (κ1) is 16.8. The number of carbonyl (C=O) groups is 2. The van der Waals surface area contributed by atoms with Crippen molar-refractivity contribution in [3.8, 4) is 0 Å². The molecule has 7 heteroatoms. The Morgan fingerprint density at radius 2 is 1.92 bits per heavy atom. The number of hydrogen-bond acceptors (Lipinski definition) is 5. The summed E-state index contributed by atoms with van der Waals surface area (Å²) >= 11 is 1.59. The van der Waals surface area contributed by atoms with Crippen molar-refractivity contribution >= 4 is 34.3 Å². The van der Waals surface area contributed by atoms with Crippen molar-refractivity contribution < 1.29 is 14.0 Å². The summed E-state index contributed by atoms with van der Waals surface area (Å²) in [5.41, 5.74) is 1.98. The summed E-state index contributed by atoms with van der Waals surface area (Å²) < 4.78 is 5.45. The number of oxazole rings is 1. The number of fused-ring (bicyclic) bond motifs is 1. The molecule has 1 fully saturated rings. The van der Waals surface area contributed by atoms with E-state index in [1.807, 2.05) is 22.4 Å². The van der Waals surface area contributed by atoms with Gasteiger partial charge >= 0.3 is 0 Å². The Hall–Kier alpha value is -2.67. The molecule has 3 heterocycles. The number of nitrogens with zero attached hydrogens (tertiary/aromatic N) is 3. The van der Waals surface area contributed by atoms with Crippen molar-refractivity contribution in [2.24, 2.45) is 0 Å². The zero-order valence-corrected chi connectivity index (χ0v) is 15.3. The number of amides is 2. The number of piperazine rings is 1. The Balaban J connectivity index is 1.38. The van der Waals surface area contributed by atoms with Crippen LogP contribution in [0.15, 0.2) is 40.1 Å². The molecule has 1 aromatic carbocycles. The molecule has 0 atom stereocenters. The average molecular weight is 369 g/mol. The van der Waals surface area contributed by atoms with Crippen molar-refractivity contribution in [3.05, 3.63) is 52.0 Å². The lowest BCUT2D eigenvalue weighted by Gasteiger charge is -2.34. The standard InChI is InChI=1S/C19H19N3O3S/c1-13-20-16-11-14(4-5-17(16)25-13)19(24)22-8-6-21(7-9-22)18(23)12-15-3-2-10-26-15/h2-5,10-11H,6-9,12H2,1H3. The third-order valence-corrected chi connectivity index (χ3v) is 5.44. The highest BCUT2D eigenvalue weighted by Gasteiger charge is 2.25. The Kier molecular flexibility index (Phi) is 4.46. The van der Waals surface area contributed by atoms with Gasteiger partial charge < -0.3 is 14.2 Å². The molecule has 0 N–H and O–H groups in total. The van der Waals surface area contributed by atoms with E-state index in [4.69, 9.17) is 4.42 Å². The van der Waals surface area contributed by atoms with E-state index in [9.17, 15) is 9.59 Å². The summed E-state index contributed by atoms with van der Waals surface area (Å²) in [4.78, 5) is 34.1. The molecule has 6 nitrogen and oxygen atoms in total. The lowest BCUT2D eigenvalue weighted by atomic mass is 10.1. The first-order chi connectivity index (χ1) is 12.6. The predicted molar refractivity (Wildman–Crippen MR) is 99.3 cm³/mol. The Labute approximate surface area is 155 Å². The van der Waals surface area contributed by atoms with Gasteiger partial charge in [0.25, 0.3) is 5.91 Å². The number of rotatable bonds is 3. The van der Waals surface area contributed by atoms with Crippen LogP contribution in [-0.4, -0.2) is 52.8 Å². The molecule has 0 radical (unpaired) electrons. The molecule has 0 spiro atoms. The normalized spacial score (nSPS) is 14.8. The molecule has 1 aliphatic rings. The van der Waals surface area contributed by atoms with Gasteiger partial charge in [0.1, 0.15) is 5.52 Å². The van der Waals surface area contributed by atoms with E-state index >= 15 is 0 Å². The predicted octanol–water partition coefficient (Wildman–Crippen LogP) is 2.72. The van der Waals surface area contributed by atoms with Gasteiger partial charge in [-0.25, -0.2) is 4.98 Å². The minimum Gasteiger partial charge on any atom is -0.441 e. The van der Waals surface area contributed by atoms with Crippen LogP contribution in [0.4, 0.5) is 0 Å². The minimum atomic E-state index is -0.0297. The summed E-state index contributed by atoms with van der Waals surface area (Å²) in [6.45, 7) is 4.02. The van der Waals surface area contributed by atoms with E-state index in [0.29, 0.717) is 55.2 Å². The van der Waals surface area contributed by atoms with Gasteiger partial charge in [0, 0.05) is 43.5 Å². The third kappa shape index (κ3) is 3.35. The first-order valence-corrected chi connectivity index (χ1v) is 9.45. The van der Waals surface area contributed by atoms with Crippen LogP contribution >= 0.6 is 11.3 Å². The Bertz CT molecular complexity index is 940. The Morgan fingerprint density at radius 3 is 2.65 bits per heavy atom. The summed E-state index contributed by atoms with van der Waals surface area (Å²) in [5, 5.41) is 1.98. The number of carbonyl (C=O) groups excluding carboxylic acids is 2. The SMILES string of the molecule is Cc1nc2cc(C(=O)N3CCN(C(=O)Cc4cccs4)CC3)ccc2o1. The number of aryl methyl sites for hydroxylation is 1. The van der Waals surface area contributed by atoms with Crippen LogP contribution in [0.2, 0.25) is 0 Å². The van der Waals surface area contributed by atoms with E-state index in [1.165, 1.54) is 0 Å². The zero-order valence-electron chi connectivity index (χ0n) is 14.5. The molecule has 26 heavy (non-hydrogen) atoms. The second-order valence-corrected chi connectivity index (χ2v) is 7.38. The highest BCUT2D eigenvalue weighted by Crippen LogP contribution is 2.19. The van der Waals surface area contributed by atoms with Crippen molar-refractivity contribution in [2.45, 2.75) is 13.3 Å². The molecule has 0 bridgehead atoms. The molecule has 1 aliphatic heterocycles. The van der Waals surface area contributed by atoms with Crippen LogP contribution in [0, 0.1) is 6.92 Å². The highest BCUT2D eigenvalue weighted by atomic mass is 32.1. The molecule has 1 saturated heterocycles. The van der Waals surface area contributed by atoms with Crippen molar-refractivity contribution in [3.63, 3.8) is 0 Å².